The zero-order chi connectivity index (χ0) is 14.4. The van der Waals surface area contributed by atoms with Crippen molar-refractivity contribution in [3.8, 4) is 0 Å². The van der Waals surface area contributed by atoms with Crippen molar-refractivity contribution < 1.29 is 4.79 Å². The van der Waals surface area contributed by atoms with Crippen LogP contribution >= 0.6 is 0 Å². The van der Waals surface area contributed by atoms with Gasteiger partial charge in [-0.25, -0.2) is 0 Å². The molecule has 5 nitrogen and oxygen atoms in total. The first-order chi connectivity index (χ1) is 9.69. The average Bonchev–Trinajstić information content (AvgIpc) is 3.22. The van der Waals surface area contributed by atoms with Crippen molar-refractivity contribution in [1.29, 1.82) is 0 Å². The second-order valence-corrected chi connectivity index (χ2v) is 6.11. The summed E-state index contributed by atoms with van der Waals surface area (Å²) in [6.07, 6.45) is 6.34. The minimum atomic E-state index is 0.191. The van der Waals surface area contributed by atoms with Gasteiger partial charge in [-0.2, -0.15) is 0 Å². The molecule has 1 saturated carbocycles. The zero-order valence-corrected chi connectivity index (χ0v) is 12.8. The average molecular weight is 280 g/mol. The summed E-state index contributed by atoms with van der Waals surface area (Å²) in [6, 6.07) is 0.470. The molecule has 1 saturated heterocycles. The first kappa shape index (κ1) is 15.1. The first-order valence-corrected chi connectivity index (χ1v) is 7.94. The Kier molecular flexibility index (Phi) is 5.68. The molecular formula is C15H28N4O. The summed E-state index contributed by atoms with van der Waals surface area (Å²) in [5, 5.41) is 6.40. The Morgan fingerprint density at radius 1 is 1.35 bits per heavy atom. The molecule has 20 heavy (non-hydrogen) atoms. The molecule has 0 radical (unpaired) electrons. The Bertz CT molecular complexity index is 352. The maximum atomic E-state index is 11.6. The van der Waals surface area contributed by atoms with E-state index in [2.05, 4.69) is 27.4 Å². The summed E-state index contributed by atoms with van der Waals surface area (Å²) in [5.74, 6) is 1.92. The third kappa shape index (κ3) is 5.02. The third-order valence-corrected chi connectivity index (χ3v) is 3.97. The van der Waals surface area contributed by atoms with Crippen LogP contribution in [0.15, 0.2) is 4.99 Å². The number of amides is 1. The quantitative estimate of drug-likeness (QED) is 0.454. The van der Waals surface area contributed by atoms with Gasteiger partial charge in [-0.3, -0.25) is 9.79 Å². The van der Waals surface area contributed by atoms with E-state index in [9.17, 15) is 4.79 Å². The molecule has 1 aliphatic heterocycles. The van der Waals surface area contributed by atoms with Crippen molar-refractivity contribution in [2.24, 2.45) is 10.9 Å². The minimum Gasteiger partial charge on any atom is -0.356 e. The second-order valence-electron chi connectivity index (χ2n) is 6.11. The topological polar surface area (TPSA) is 56.7 Å². The number of guanidine groups is 1. The molecule has 5 heteroatoms. The normalized spacial score (nSPS) is 23.6. The Morgan fingerprint density at radius 3 is 2.80 bits per heavy atom. The van der Waals surface area contributed by atoms with E-state index in [1.165, 1.54) is 12.8 Å². The van der Waals surface area contributed by atoms with Gasteiger partial charge in [0, 0.05) is 39.1 Å². The van der Waals surface area contributed by atoms with Gasteiger partial charge in [-0.1, -0.05) is 6.92 Å². The number of nitrogens with zero attached hydrogens (tertiary/aromatic N) is 2. The highest BCUT2D eigenvalue weighted by molar-refractivity contribution is 5.80. The van der Waals surface area contributed by atoms with Crippen molar-refractivity contribution in [3.05, 3.63) is 0 Å². The van der Waals surface area contributed by atoms with Crippen molar-refractivity contribution in [1.82, 2.24) is 15.5 Å². The van der Waals surface area contributed by atoms with Crippen LogP contribution in [-0.2, 0) is 4.79 Å². The Labute approximate surface area is 122 Å². The molecule has 0 aromatic heterocycles. The van der Waals surface area contributed by atoms with E-state index in [0.717, 1.165) is 50.8 Å². The van der Waals surface area contributed by atoms with E-state index in [1.807, 2.05) is 7.05 Å². The lowest BCUT2D eigenvalue weighted by molar-refractivity contribution is -0.121. The van der Waals surface area contributed by atoms with Crippen LogP contribution in [0.3, 0.4) is 0 Å². The maximum Gasteiger partial charge on any atom is 0.220 e. The lowest BCUT2D eigenvalue weighted by Crippen LogP contribution is -2.46. The van der Waals surface area contributed by atoms with Crippen LogP contribution in [0.4, 0.5) is 0 Å². The SMILES string of the molecule is CN=C(NCCCC(=O)NC1CC1)N1CCCC(C)C1. The summed E-state index contributed by atoms with van der Waals surface area (Å²) in [4.78, 5) is 18.3. The van der Waals surface area contributed by atoms with Crippen molar-refractivity contribution in [2.45, 2.75) is 51.5 Å². The molecule has 114 valence electrons. The van der Waals surface area contributed by atoms with Gasteiger partial charge < -0.3 is 15.5 Å². The summed E-state index contributed by atoms with van der Waals surface area (Å²) in [6.45, 7) is 5.28. The fraction of sp³-hybridized carbons (Fsp3) is 0.867. The molecular weight excluding hydrogens is 252 g/mol. The molecule has 0 aromatic rings. The Balaban J connectivity index is 1.62. The van der Waals surface area contributed by atoms with Crippen molar-refractivity contribution in [3.63, 3.8) is 0 Å². The van der Waals surface area contributed by atoms with E-state index in [-0.39, 0.29) is 5.91 Å². The van der Waals surface area contributed by atoms with Gasteiger partial charge in [0.05, 0.1) is 0 Å². The molecule has 0 spiro atoms. The predicted molar refractivity (Wildman–Crippen MR) is 81.7 cm³/mol. The van der Waals surface area contributed by atoms with Crippen molar-refractivity contribution in [2.75, 3.05) is 26.7 Å². The zero-order valence-electron chi connectivity index (χ0n) is 12.8. The second kappa shape index (κ2) is 7.50. The number of likely N-dealkylation sites (tertiary alicyclic amines) is 1. The highest BCUT2D eigenvalue weighted by Gasteiger charge is 2.23. The maximum absolute atomic E-state index is 11.6. The fourth-order valence-electron chi connectivity index (χ4n) is 2.69. The van der Waals surface area contributed by atoms with Gasteiger partial charge >= 0.3 is 0 Å². The Hall–Kier alpha value is -1.26. The van der Waals surface area contributed by atoms with E-state index in [0.29, 0.717) is 12.5 Å². The van der Waals surface area contributed by atoms with Crippen LogP contribution in [0.1, 0.15) is 45.4 Å². The van der Waals surface area contributed by atoms with Gasteiger partial charge in [0.2, 0.25) is 5.91 Å². The molecule has 1 atom stereocenters. The molecule has 2 N–H and O–H groups in total. The van der Waals surface area contributed by atoms with Crippen LogP contribution in [0, 0.1) is 5.92 Å². The van der Waals surface area contributed by atoms with E-state index < -0.39 is 0 Å². The monoisotopic (exact) mass is 280 g/mol. The molecule has 1 amide bonds. The molecule has 0 bridgehead atoms. The number of hydrogen-bond donors (Lipinski definition) is 2. The van der Waals surface area contributed by atoms with Crippen LogP contribution in [0.5, 0.6) is 0 Å². The number of hydrogen-bond acceptors (Lipinski definition) is 2. The van der Waals surface area contributed by atoms with Gasteiger partial charge in [0.1, 0.15) is 0 Å². The van der Waals surface area contributed by atoms with Gasteiger partial charge in [0.15, 0.2) is 5.96 Å². The van der Waals surface area contributed by atoms with E-state index in [1.54, 1.807) is 0 Å². The lowest BCUT2D eigenvalue weighted by atomic mass is 10.0. The van der Waals surface area contributed by atoms with E-state index >= 15 is 0 Å². The molecule has 2 rings (SSSR count). The summed E-state index contributed by atoms with van der Waals surface area (Å²) < 4.78 is 0. The standard InChI is InChI=1S/C15H28N4O/c1-12-5-4-10-19(11-12)15(16-2)17-9-3-6-14(20)18-13-7-8-13/h12-13H,3-11H2,1-2H3,(H,16,17)(H,18,20). The highest BCUT2D eigenvalue weighted by atomic mass is 16.1. The number of carbonyl (C=O) groups excluding carboxylic acids is 1. The molecule has 1 aliphatic carbocycles. The molecule has 0 aromatic carbocycles. The first-order valence-electron chi connectivity index (χ1n) is 7.94. The lowest BCUT2D eigenvalue weighted by Gasteiger charge is -2.33. The van der Waals surface area contributed by atoms with E-state index in [4.69, 9.17) is 0 Å². The predicted octanol–water partition coefficient (Wildman–Crippen LogP) is 1.35. The Morgan fingerprint density at radius 2 is 2.15 bits per heavy atom. The van der Waals surface area contributed by atoms with Crippen LogP contribution in [-0.4, -0.2) is 49.5 Å². The number of nitrogens with one attached hydrogen (secondary N) is 2. The number of aliphatic imine (C=N–C) groups is 1. The minimum absolute atomic E-state index is 0.191. The molecule has 1 unspecified atom stereocenters. The van der Waals surface area contributed by atoms with Crippen molar-refractivity contribution >= 4 is 11.9 Å². The largest absolute Gasteiger partial charge is 0.356 e. The van der Waals surface area contributed by atoms with Gasteiger partial charge in [-0.05, 0) is 38.0 Å². The summed E-state index contributed by atoms with van der Waals surface area (Å²) >= 11 is 0. The number of piperidine rings is 1. The molecule has 2 aliphatic rings. The fourth-order valence-corrected chi connectivity index (χ4v) is 2.69. The number of carbonyl (C=O) groups is 1. The van der Waals surface area contributed by atoms with Gasteiger partial charge in [-0.15, -0.1) is 0 Å². The van der Waals surface area contributed by atoms with Gasteiger partial charge in [0.25, 0.3) is 0 Å². The van der Waals surface area contributed by atoms with Crippen LogP contribution in [0.25, 0.3) is 0 Å². The smallest absolute Gasteiger partial charge is 0.220 e. The third-order valence-electron chi connectivity index (χ3n) is 3.97. The highest BCUT2D eigenvalue weighted by Crippen LogP contribution is 2.18. The molecule has 2 fully saturated rings. The molecule has 1 heterocycles. The number of rotatable bonds is 5. The summed E-state index contributed by atoms with van der Waals surface area (Å²) in [5.41, 5.74) is 0. The van der Waals surface area contributed by atoms with Crippen LogP contribution < -0.4 is 10.6 Å². The van der Waals surface area contributed by atoms with Crippen LogP contribution in [0.2, 0.25) is 0 Å². The summed E-state index contributed by atoms with van der Waals surface area (Å²) in [7, 11) is 1.83.